The monoisotopic (exact) mass is 413 g/mol. The highest BCUT2D eigenvalue weighted by atomic mass is 79.9. The summed E-state index contributed by atoms with van der Waals surface area (Å²) in [5.41, 5.74) is 1.87. The summed E-state index contributed by atoms with van der Waals surface area (Å²) in [6.07, 6.45) is 1.73. The molecule has 0 saturated heterocycles. The van der Waals surface area contributed by atoms with E-state index in [4.69, 9.17) is 8.83 Å². The first-order valence-corrected chi connectivity index (χ1v) is 9.28. The fraction of sp³-hybridized carbons (Fsp3) is 0.0556. The van der Waals surface area contributed by atoms with Crippen LogP contribution in [0.3, 0.4) is 0 Å². The molecule has 0 atom stereocenters. The Hall–Kier alpha value is -2.38. The van der Waals surface area contributed by atoms with Crippen LogP contribution in [0.1, 0.15) is 5.89 Å². The predicted molar refractivity (Wildman–Crippen MR) is 98.9 cm³/mol. The first-order valence-electron chi connectivity index (χ1n) is 7.50. The molecule has 2 heterocycles. The smallest absolute Gasteiger partial charge is 0.277 e. The highest BCUT2D eigenvalue weighted by Gasteiger charge is 2.12. The molecule has 0 radical (unpaired) electrons. The fourth-order valence-corrected chi connectivity index (χ4v) is 3.26. The van der Waals surface area contributed by atoms with Crippen molar-refractivity contribution in [3.8, 4) is 22.8 Å². The van der Waals surface area contributed by atoms with Gasteiger partial charge in [-0.25, -0.2) is 4.98 Å². The summed E-state index contributed by atoms with van der Waals surface area (Å²) in [5.74, 6) is 2.37. The van der Waals surface area contributed by atoms with Crippen molar-refractivity contribution < 1.29 is 8.83 Å². The van der Waals surface area contributed by atoms with Crippen molar-refractivity contribution in [1.82, 2.24) is 15.2 Å². The maximum atomic E-state index is 5.77. The lowest BCUT2D eigenvalue weighted by Crippen LogP contribution is -1.79. The van der Waals surface area contributed by atoms with Gasteiger partial charge in [-0.15, -0.1) is 10.2 Å². The van der Waals surface area contributed by atoms with Crippen molar-refractivity contribution in [1.29, 1.82) is 0 Å². The van der Waals surface area contributed by atoms with E-state index in [1.54, 1.807) is 6.20 Å². The number of hydrogen-bond acceptors (Lipinski definition) is 6. The van der Waals surface area contributed by atoms with Gasteiger partial charge in [0.1, 0.15) is 0 Å². The summed E-state index contributed by atoms with van der Waals surface area (Å²) in [6.45, 7) is 0. The Morgan fingerprint density at radius 3 is 2.60 bits per heavy atom. The molecule has 4 rings (SSSR count). The lowest BCUT2D eigenvalue weighted by molar-refractivity contribution is 0.464. The molecule has 7 heteroatoms. The van der Waals surface area contributed by atoms with Gasteiger partial charge in [0.25, 0.3) is 5.22 Å². The largest absolute Gasteiger partial charge is 0.440 e. The van der Waals surface area contributed by atoms with E-state index in [0.29, 0.717) is 22.8 Å². The van der Waals surface area contributed by atoms with Crippen LogP contribution in [0.4, 0.5) is 0 Å². The number of benzene rings is 2. The van der Waals surface area contributed by atoms with Crippen LogP contribution in [0.2, 0.25) is 0 Å². The van der Waals surface area contributed by atoms with Gasteiger partial charge in [0.15, 0.2) is 5.76 Å². The van der Waals surface area contributed by atoms with Gasteiger partial charge in [0.05, 0.1) is 11.9 Å². The van der Waals surface area contributed by atoms with Crippen molar-refractivity contribution in [3.63, 3.8) is 0 Å². The van der Waals surface area contributed by atoms with Crippen LogP contribution < -0.4 is 0 Å². The second kappa shape index (κ2) is 7.25. The van der Waals surface area contributed by atoms with Crippen LogP contribution in [0.25, 0.3) is 22.8 Å². The van der Waals surface area contributed by atoms with Gasteiger partial charge in [0, 0.05) is 15.6 Å². The fourth-order valence-electron chi connectivity index (χ4n) is 2.24. The SMILES string of the molecule is Brc1cccc(-c2nnc(SCc3ncc(-c4ccccc4)o3)o2)c1. The van der Waals surface area contributed by atoms with E-state index in [1.807, 2.05) is 54.6 Å². The van der Waals surface area contributed by atoms with E-state index in [2.05, 4.69) is 31.1 Å². The van der Waals surface area contributed by atoms with E-state index < -0.39 is 0 Å². The predicted octanol–water partition coefficient (Wildman–Crippen LogP) is 5.45. The highest BCUT2D eigenvalue weighted by Crippen LogP contribution is 2.28. The normalized spacial score (nSPS) is 10.9. The number of aromatic nitrogens is 3. The lowest BCUT2D eigenvalue weighted by Gasteiger charge is -1.95. The Balaban J connectivity index is 1.43. The molecule has 124 valence electrons. The number of thioether (sulfide) groups is 1. The molecule has 0 aliphatic carbocycles. The van der Waals surface area contributed by atoms with Crippen molar-refractivity contribution in [2.24, 2.45) is 0 Å². The Bertz CT molecular complexity index is 985. The van der Waals surface area contributed by atoms with Gasteiger partial charge in [0.2, 0.25) is 11.8 Å². The average Bonchev–Trinajstić information content (AvgIpc) is 3.30. The summed E-state index contributed by atoms with van der Waals surface area (Å²) in [4.78, 5) is 4.30. The van der Waals surface area contributed by atoms with E-state index >= 15 is 0 Å². The number of halogens is 1. The van der Waals surface area contributed by atoms with Gasteiger partial charge in [-0.05, 0) is 18.2 Å². The van der Waals surface area contributed by atoms with E-state index in [9.17, 15) is 0 Å². The number of hydrogen-bond donors (Lipinski definition) is 0. The number of nitrogens with zero attached hydrogens (tertiary/aromatic N) is 3. The Morgan fingerprint density at radius 2 is 1.76 bits per heavy atom. The molecule has 2 aromatic heterocycles. The highest BCUT2D eigenvalue weighted by molar-refractivity contribution is 9.10. The third kappa shape index (κ3) is 3.83. The van der Waals surface area contributed by atoms with Gasteiger partial charge < -0.3 is 8.83 Å². The summed E-state index contributed by atoms with van der Waals surface area (Å²) < 4.78 is 12.4. The topological polar surface area (TPSA) is 65.0 Å². The molecule has 0 bridgehead atoms. The Labute approximate surface area is 156 Å². The molecule has 0 aliphatic heterocycles. The first kappa shape index (κ1) is 16.1. The molecule has 0 fully saturated rings. The van der Waals surface area contributed by atoms with Crippen LogP contribution in [-0.4, -0.2) is 15.2 Å². The van der Waals surface area contributed by atoms with Crippen molar-refractivity contribution >= 4 is 27.7 Å². The molecule has 5 nitrogen and oxygen atoms in total. The molecule has 0 amide bonds. The minimum atomic E-state index is 0.481. The third-order valence-electron chi connectivity index (χ3n) is 3.41. The number of rotatable bonds is 5. The quantitative estimate of drug-likeness (QED) is 0.405. The lowest BCUT2D eigenvalue weighted by atomic mass is 10.2. The average molecular weight is 414 g/mol. The summed E-state index contributed by atoms with van der Waals surface area (Å²) in [6, 6.07) is 17.6. The molecular formula is C18H12BrN3O2S. The molecule has 0 N–H and O–H groups in total. The van der Waals surface area contributed by atoms with Crippen LogP contribution >= 0.6 is 27.7 Å². The minimum absolute atomic E-state index is 0.481. The standard InChI is InChI=1S/C18H12BrN3O2S/c19-14-8-4-7-13(9-14)17-21-22-18(24-17)25-11-16-20-10-15(23-16)12-5-2-1-3-6-12/h1-10H,11H2. The maximum absolute atomic E-state index is 5.77. The third-order valence-corrected chi connectivity index (χ3v) is 4.71. The second-order valence-electron chi connectivity index (χ2n) is 5.16. The molecule has 25 heavy (non-hydrogen) atoms. The second-order valence-corrected chi connectivity index (χ2v) is 7.00. The molecule has 0 spiro atoms. The Kier molecular flexibility index (Phi) is 4.67. The van der Waals surface area contributed by atoms with E-state index in [0.717, 1.165) is 21.4 Å². The van der Waals surface area contributed by atoms with Crippen molar-refractivity contribution in [3.05, 3.63) is 71.2 Å². The molecule has 4 aromatic rings. The van der Waals surface area contributed by atoms with E-state index in [1.165, 1.54) is 11.8 Å². The van der Waals surface area contributed by atoms with Crippen LogP contribution in [0, 0.1) is 0 Å². The van der Waals surface area contributed by atoms with Crippen LogP contribution in [-0.2, 0) is 5.75 Å². The molecule has 2 aromatic carbocycles. The molecular weight excluding hydrogens is 402 g/mol. The van der Waals surface area contributed by atoms with Crippen LogP contribution in [0.5, 0.6) is 0 Å². The van der Waals surface area contributed by atoms with Crippen molar-refractivity contribution in [2.75, 3.05) is 0 Å². The zero-order valence-electron chi connectivity index (χ0n) is 12.9. The molecule has 0 aliphatic rings. The Morgan fingerprint density at radius 1 is 0.920 bits per heavy atom. The van der Waals surface area contributed by atoms with Gasteiger partial charge in [-0.1, -0.05) is 64.1 Å². The van der Waals surface area contributed by atoms with Gasteiger partial charge in [-0.2, -0.15) is 0 Å². The van der Waals surface area contributed by atoms with E-state index in [-0.39, 0.29) is 0 Å². The zero-order valence-corrected chi connectivity index (χ0v) is 15.3. The number of oxazole rings is 1. The summed E-state index contributed by atoms with van der Waals surface area (Å²) >= 11 is 4.83. The van der Waals surface area contributed by atoms with Crippen LogP contribution in [0.15, 0.2) is 79.3 Å². The molecule has 0 unspecified atom stereocenters. The first-order chi connectivity index (χ1) is 12.3. The summed E-state index contributed by atoms with van der Waals surface area (Å²) in [5, 5.41) is 8.63. The summed E-state index contributed by atoms with van der Waals surface area (Å²) in [7, 11) is 0. The van der Waals surface area contributed by atoms with Crippen molar-refractivity contribution in [2.45, 2.75) is 11.0 Å². The zero-order chi connectivity index (χ0) is 17.1. The molecule has 0 saturated carbocycles. The van der Waals surface area contributed by atoms with Gasteiger partial charge >= 0.3 is 0 Å². The minimum Gasteiger partial charge on any atom is -0.440 e. The van der Waals surface area contributed by atoms with Gasteiger partial charge in [-0.3, -0.25) is 0 Å². The maximum Gasteiger partial charge on any atom is 0.277 e.